The van der Waals surface area contributed by atoms with E-state index in [1.165, 1.54) is 11.1 Å². The Morgan fingerprint density at radius 3 is 2.00 bits per heavy atom. The lowest BCUT2D eigenvalue weighted by Gasteiger charge is -2.19. The summed E-state index contributed by atoms with van der Waals surface area (Å²) in [5.74, 6) is -0.243. The number of benzene rings is 3. The Labute approximate surface area is 202 Å². The zero-order valence-corrected chi connectivity index (χ0v) is 19.7. The lowest BCUT2D eigenvalue weighted by atomic mass is 10.0. The zero-order valence-electron chi connectivity index (χ0n) is 19.7. The van der Waals surface area contributed by atoms with Gasteiger partial charge in [-0.15, -0.1) is 0 Å². The van der Waals surface area contributed by atoms with Crippen LogP contribution in [0.25, 0.3) is 0 Å². The first-order valence-electron chi connectivity index (χ1n) is 11.8. The van der Waals surface area contributed by atoms with Crippen molar-refractivity contribution in [2.24, 2.45) is 5.73 Å². The lowest BCUT2D eigenvalue weighted by Crippen LogP contribution is -2.45. The number of carbonyl (C=O) groups is 2. The lowest BCUT2D eigenvalue weighted by molar-refractivity contribution is -0.118. The highest BCUT2D eigenvalue weighted by Gasteiger charge is 2.20. The van der Waals surface area contributed by atoms with Gasteiger partial charge in [0.1, 0.15) is 6.04 Å². The highest BCUT2D eigenvalue weighted by atomic mass is 16.2. The molecule has 0 heterocycles. The van der Waals surface area contributed by atoms with Crippen LogP contribution in [0.4, 0.5) is 16.2 Å². The van der Waals surface area contributed by atoms with Crippen molar-refractivity contribution in [2.75, 3.05) is 17.2 Å². The molecule has 3 aromatic rings. The van der Waals surface area contributed by atoms with Crippen molar-refractivity contribution in [3.63, 3.8) is 0 Å². The third kappa shape index (κ3) is 8.37. The molecule has 3 amide bonds. The van der Waals surface area contributed by atoms with Gasteiger partial charge >= 0.3 is 6.03 Å². The van der Waals surface area contributed by atoms with Gasteiger partial charge in [-0.05, 0) is 81.0 Å². The molecule has 0 aromatic heterocycles. The van der Waals surface area contributed by atoms with Crippen molar-refractivity contribution in [1.29, 1.82) is 0 Å². The fraction of sp³-hybridized carbons (Fsp3) is 0.286. The molecule has 34 heavy (non-hydrogen) atoms. The smallest absolute Gasteiger partial charge is 0.319 e. The summed E-state index contributed by atoms with van der Waals surface area (Å²) < 4.78 is 0. The van der Waals surface area contributed by atoms with E-state index in [0.717, 1.165) is 31.2 Å². The number of carbonyl (C=O) groups excluding carboxylic acids is 2. The molecule has 0 bridgehead atoms. The minimum Gasteiger partial charge on any atom is -0.330 e. The summed E-state index contributed by atoms with van der Waals surface area (Å²) in [6, 6.07) is 24.7. The Balaban J connectivity index is 1.54. The summed E-state index contributed by atoms with van der Waals surface area (Å²) in [7, 11) is 0. The average Bonchev–Trinajstić information content (AvgIpc) is 2.85. The molecule has 0 fully saturated rings. The largest absolute Gasteiger partial charge is 0.330 e. The van der Waals surface area contributed by atoms with Crippen molar-refractivity contribution < 1.29 is 9.59 Å². The van der Waals surface area contributed by atoms with Crippen LogP contribution in [0.1, 0.15) is 36.0 Å². The van der Waals surface area contributed by atoms with Crippen molar-refractivity contribution in [3.05, 3.63) is 95.6 Å². The number of unbranched alkanes of at least 4 members (excludes halogenated alkanes) is 1. The van der Waals surface area contributed by atoms with Crippen LogP contribution >= 0.6 is 0 Å². The van der Waals surface area contributed by atoms with Crippen molar-refractivity contribution in [1.82, 2.24) is 5.32 Å². The number of nitrogens with one attached hydrogen (secondary N) is 3. The molecular weight excluding hydrogens is 424 g/mol. The van der Waals surface area contributed by atoms with Gasteiger partial charge in [-0.25, -0.2) is 4.79 Å². The third-order valence-electron chi connectivity index (χ3n) is 5.64. The SMILES string of the molecule is Cc1ccc(NC(=O)[C@H](CCCCN)NC(=O)Nc2ccc(CCc3ccccc3)cc2)cc1. The van der Waals surface area contributed by atoms with Gasteiger partial charge in [0.2, 0.25) is 5.91 Å². The van der Waals surface area contributed by atoms with E-state index in [2.05, 4.69) is 28.1 Å². The Hall–Kier alpha value is -3.64. The van der Waals surface area contributed by atoms with E-state index in [4.69, 9.17) is 5.73 Å². The number of rotatable bonds is 11. The second kappa shape index (κ2) is 13.2. The van der Waals surface area contributed by atoms with Crippen LogP contribution in [0, 0.1) is 6.92 Å². The van der Waals surface area contributed by atoms with Gasteiger partial charge in [0.15, 0.2) is 0 Å². The summed E-state index contributed by atoms with van der Waals surface area (Å²) in [5.41, 5.74) is 10.6. The van der Waals surface area contributed by atoms with E-state index in [0.29, 0.717) is 24.3 Å². The molecule has 0 aliphatic carbocycles. The van der Waals surface area contributed by atoms with Gasteiger partial charge in [-0.2, -0.15) is 0 Å². The van der Waals surface area contributed by atoms with E-state index in [1.54, 1.807) is 0 Å². The van der Waals surface area contributed by atoms with E-state index >= 15 is 0 Å². The molecule has 3 rings (SSSR count). The van der Waals surface area contributed by atoms with Gasteiger partial charge < -0.3 is 21.7 Å². The summed E-state index contributed by atoms with van der Waals surface area (Å²) in [6.45, 7) is 2.54. The maximum Gasteiger partial charge on any atom is 0.319 e. The molecule has 3 aromatic carbocycles. The van der Waals surface area contributed by atoms with E-state index < -0.39 is 12.1 Å². The van der Waals surface area contributed by atoms with Crippen LogP contribution in [-0.2, 0) is 17.6 Å². The first-order chi connectivity index (χ1) is 16.5. The standard InChI is InChI=1S/C28H34N4O2/c1-21-10-16-24(17-11-21)30-27(33)26(9-5-6-20-29)32-28(34)31-25-18-14-23(15-19-25)13-12-22-7-3-2-4-8-22/h2-4,7-8,10-11,14-19,26H,5-6,9,12-13,20,29H2,1H3,(H,30,33)(H2,31,32,34)/t26-/m0/s1. The zero-order chi connectivity index (χ0) is 24.2. The quantitative estimate of drug-likeness (QED) is 0.303. The van der Waals surface area contributed by atoms with E-state index in [1.807, 2.05) is 73.7 Å². The second-order valence-electron chi connectivity index (χ2n) is 8.47. The molecule has 0 spiro atoms. The maximum absolute atomic E-state index is 12.8. The number of urea groups is 1. The number of anilines is 2. The third-order valence-corrected chi connectivity index (χ3v) is 5.64. The van der Waals surface area contributed by atoms with Gasteiger partial charge in [-0.1, -0.05) is 60.2 Å². The van der Waals surface area contributed by atoms with Crippen LogP contribution in [0.15, 0.2) is 78.9 Å². The summed E-state index contributed by atoms with van der Waals surface area (Å²) in [5, 5.41) is 8.54. The minimum atomic E-state index is -0.655. The van der Waals surface area contributed by atoms with Gasteiger partial charge in [0.05, 0.1) is 0 Å². The number of hydrogen-bond donors (Lipinski definition) is 4. The number of nitrogens with two attached hydrogens (primary N) is 1. The molecule has 0 saturated heterocycles. The molecule has 0 aliphatic heterocycles. The van der Waals surface area contributed by atoms with Crippen LogP contribution in [0.2, 0.25) is 0 Å². The molecule has 1 atom stereocenters. The highest BCUT2D eigenvalue weighted by molar-refractivity contribution is 5.99. The first kappa shape index (κ1) is 25.0. The topological polar surface area (TPSA) is 96.2 Å². The fourth-order valence-electron chi connectivity index (χ4n) is 3.64. The molecule has 5 N–H and O–H groups in total. The average molecular weight is 459 g/mol. The molecular formula is C28H34N4O2. The Morgan fingerprint density at radius 2 is 1.35 bits per heavy atom. The Morgan fingerprint density at radius 1 is 0.765 bits per heavy atom. The number of hydrogen-bond acceptors (Lipinski definition) is 3. The minimum absolute atomic E-state index is 0.243. The molecule has 6 heteroatoms. The summed E-state index contributed by atoms with van der Waals surface area (Å²) in [6.07, 6.45) is 3.95. The van der Waals surface area contributed by atoms with Crippen LogP contribution in [0.5, 0.6) is 0 Å². The fourth-order valence-corrected chi connectivity index (χ4v) is 3.64. The van der Waals surface area contributed by atoms with Crippen LogP contribution in [0.3, 0.4) is 0 Å². The summed E-state index contributed by atoms with van der Waals surface area (Å²) >= 11 is 0. The van der Waals surface area contributed by atoms with Crippen molar-refractivity contribution in [2.45, 2.75) is 45.1 Å². The molecule has 6 nitrogen and oxygen atoms in total. The monoisotopic (exact) mass is 458 g/mol. The van der Waals surface area contributed by atoms with E-state index in [9.17, 15) is 9.59 Å². The molecule has 0 radical (unpaired) electrons. The molecule has 0 saturated carbocycles. The predicted molar refractivity (Wildman–Crippen MR) is 139 cm³/mol. The van der Waals surface area contributed by atoms with E-state index in [-0.39, 0.29) is 5.91 Å². The van der Waals surface area contributed by atoms with Crippen molar-refractivity contribution in [3.8, 4) is 0 Å². The second-order valence-corrected chi connectivity index (χ2v) is 8.47. The number of amides is 3. The Bertz CT molecular complexity index is 1030. The molecule has 0 aliphatic rings. The number of aryl methyl sites for hydroxylation is 3. The van der Waals surface area contributed by atoms with Crippen molar-refractivity contribution >= 4 is 23.3 Å². The van der Waals surface area contributed by atoms with Gasteiger partial charge in [-0.3, -0.25) is 4.79 Å². The molecule has 178 valence electrons. The predicted octanol–water partition coefficient (Wildman–Crippen LogP) is 5.04. The van der Waals surface area contributed by atoms with Gasteiger partial charge in [0, 0.05) is 11.4 Å². The van der Waals surface area contributed by atoms with Crippen LogP contribution < -0.4 is 21.7 Å². The van der Waals surface area contributed by atoms with Gasteiger partial charge in [0.25, 0.3) is 0 Å². The maximum atomic E-state index is 12.8. The highest BCUT2D eigenvalue weighted by Crippen LogP contribution is 2.14. The normalized spacial score (nSPS) is 11.5. The van der Waals surface area contributed by atoms with Crippen LogP contribution in [-0.4, -0.2) is 24.5 Å². The molecule has 0 unspecified atom stereocenters. The first-order valence-corrected chi connectivity index (χ1v) is 11.8. The Kier molecular flexibility index (Phi) is 9.67. The summed E-state index contributed by atoms with van der Waals surface area (Å²) in [4.78, 5) is 25.5.